The summed E-state index contributed by atoms with van der Waals surface area (Å²) in [4.78, 5) is 5.12. The summed E-state index contributed by atoms with van der Waals surface area (Å²) in [6, 6.07) is 12.2. The van der Waals surface area contributed by atoms with Gasteiger partial charge in [-0.3, -0.25) is 0 Å². The zero-order chi connectivity index (χ0) is 20.3. The van der Waals surface area contributed by atoms with Crippen LogP contribution in [-0.4, -0.2) is 53.1 Å². The zero-order valence-corrected chi connectivity index (χ0v) is 18.1. The summed E-state index contributed by atoms with van der Waals surface area (Å²) in [7, 11) is -1.34. The molecule has 2 aromatic rings. The number of nitrogens with one attached hydrogen (secondary N) is 1. The number of rotatable bonds is 6. The molecule has 0 amide bonds. The quantitative estimate of drug-likeness (QED) is 0.809. The summed E-state index contributed by atoms with van der Waals surface area (Å²) in [5.41, 5.74) is 5.26. The van der Waals surface area contributed by atoms with Crippen molar-refractivity contribution in [3.8, 4) is 0 Å². The predicted octanol–water partition coefficient (Wildman–Crippen LogP) is 2.88. The fourth-order valence-electron chi connectivity index (χ4n) is 3.57. The van der Waals surface area contributed by atoms with Crippen LogP contribution < -0.4 is 9.62 Å². The third-order valence-electron chi connectivity index (χ3n) is 5.59. The van der Waals surface area contributed by atoms with Crippen molar-refractivity contribution in [2.75, 3.05) is 44.7 Å². The van der Waals surface area contributed by atoms with Gasteiger partial charge >= 0.3 is 0 Å². The van der Waals surface area contributed by atoms with E-state index in [1.165, 1.54) is 5.69 Å². The van der Waals surface area contributed by atoms with Crippen LogP contribution in [0.25, 0.3) is 0 Å². The number of benzene rings is 2. The molecule has 2 aromatic carbocycles. The van der Waals surface area contributed by atoms with E-state index >= 15 is 0 Å². The lowest BCUT2D eigenvalue weighted by Gasteiger charge is -2.34. The molecule has 5 nitrogen and oxygen atoms in total. The van der Waals surface area contributed by atoms with Gasteiger partial charge in [0.05, 0.1) is 4.90 Å². The average Bonchev–Trinajstić information content (AvgIpc) is 2.66. The van der Waals surface area contributed by atoms with Crippen molar-refractivity contribution in [1.29, 1.82) is 0 Å². The van der Waals surface area contributed by atoms with Crippen LogP contribution in [0, 0.1) is 20.8 Å². The van der Waals surface area contributed by atoms with E-state index in [1.807, 2.05) is 26.8 Å². The minimum Gasteiger partial charge on any atom is -0.369 e. The fraction of sp³-hybridized carbons (Fsp3) is 0.455. The van der Waals surface area contributed by atoms with E-state index in [-0.39, 0.29) is 0 Å². The topological polar surface area (TPSA) is 52.7 Å². The molecular formula is C22H31N3O2S. The SMILES string of the molecule is Cc1cc(C)c(S(=O)(=O)NCCc2ccc(N3CCN(C)CC3)cc2)cc1C. The second-order valence-corrected chi connectivity index (χ2v) is 9.54. The smallest absolute Gasteiger partial charge is 0.240 e. The molecule has 1 N–H and O–H groups in total. The van der Waals surface area contributed by atoms with E-state index < -0.39 is 10.0 Å². The van der Waals surface area contributed by atoms with Crippen molar-refractivity contribution in [3.63, 3.8) is 0 Å². The van der Waals surface area contributed by atoms with Crippen LogP contribution >= 0.6 is 0 Å². The number of hydrogen-bond donors (Lipinski definition) is 1. The number of aryl methyl sites for hydroxylation is 3. The molecule has 0 atom stereocenters. The zero-order valence-electron chi connectivity index (χ0n) is 17.3. The second-order valence-electron chi connectivity index (χ2n) is 7.81. The predicted molar refractivity (Wildman–Crippen MR) is 116 cm³/mol. The standard InChI is InChI=1S/C22H31N3O2S/c1-17-15-19(3)22(16-18(17)2)28(26,27)23-10-9-20-5-7-21(8-6-20)25-13-11-24(4)12-14-25/h5-8,15-16,23H,9-14H2,1-4H3. The molecule has 0 aromatic heterocycles. The van der Waals surface area contributed by atoms with Crippen LogP contribution in [0.5, 0.6) is 0 Å². The van der Waals surface area contributed by atoms with Gasteiger partial charge < -0.3 is 9.80 Å². The molecule has 6 heteroatoms. The van der Waals surface area contributed by atoms with Crippen LogP contribution in [-0.2, 0) is 16.4 Å². The molecule has 1 aliphatic heterocycles. The number of nitrogens with zero attached hydrogens (tertiary/aromatic N) is 2. The van der Waals surface area contributed by atoms with E-state index in [2.05, 4.69) is 45.8 Å². The number of anilines is 1. The van der Waals surface area contributed by atoms with Crippen LogP contribution in [0.3, 0.4) is 0 Å². The third-order valence-corrected chi connectivity index (χ3v) is 7.19. The molecule has 1 fully saturated rings. The van der Waals surface area contributed by atoms with E-state index in [9.17, 15) is 8.42 Å². The Morgan fingerprint density at radius 1 is 0.893 bits per heavy atom. The Hall–Kier alpha value is -1.89. The van der Waals surface area contributed by atoms with Gasteiger partial charge in [0.2, 0.25) is 10.0 Å². The first-order chi connectivity index (χ1) is 13.3. The number of sulfonamides is 1. The summed E-state index contributed by atoms with van der Waals surface area (Å²) in [5.74, 6) is 0. The van der Waals surface area contributed by atoms with Gasteiger partial charge in [-0.1, -0.05) is 18.2 Å². The molecule has 3 rings (SSSR count). The van der Waals surface area contributed by atoms with Crippen LogP contribution in [0.1, 0.15) is 22.3 Å². The highest BCUT2D eigenvalue weighted by atomic mass is 32.2. The number of piperazine rings is 1. The molecule has 0 bridgehead atoms. The van der Waals surface area contributed by atoms with Crippen molar-refractivity contribution in [2.24, 2.45) is 0 Å². The van der Waals surface area contributed by atoms with Gasteiger partial charge in [0.25, 0.3) is 0 Å². The van der Waals surface area contributed by atoms with Gasteiger partial charge in [-0.05, 0) is 74.7 Å². The molecule has 152 valence electrons. The largest absolute Gasteiger partial charge is 0.369 e. The average molecular weight is 402 g/mol. The molecule has 1 heterocycles. The van der Waals surface area contributed by atoms with Gasteiger partial charge in [0, 0.05) is 38.4 Å². The van der Waals surface area contributed by atoms with E-state index in [4.69, 9.17) is 0 Å². The molecular weight excluding hydrogens is 370 g/mol. The molecule has 1 saturated heterocycles. The van der Waals surface area contributed by atoms with Gasteiger partial charge in [-0.25, -0.2) is 13.1 Å². The highest BCUT2D eigenvalue weighted by Gasteiger charge is 2.17. The first-order valence-electron chi connectivity index (χ1n) is 9.86. The van der Waals surface area contributed by atoms with Crippen molar-refractivity contribution < 1.29 is 8.42 Å². The third kappa shape index (κ3) is 4.93. The summed E-state index contributed by atoms with van der Waals surface area (Å²) in [6.45, 7) is 10.4. The number of hydrogen-bond acceptors (Lipinski definition) is 4. The Bertz CT molecular complexity index is 916. The molecule has 0 unspecified atom stereocenters. The molecule has 0 radical (unpaired) electrons. The lowest BCUT2D eigenvalue weighted by atomic mass is 10.1. The minimum absolute atomic E-state index is 0.376. The van der Waals surface area contributed by atoms with Gasteiger partial charge in [-0.2, -0.15) is 0 Å². The summed E-state index contributed by atoms with van der Waals surface area (Å²) >= 11 is 0. The lowest BCUT2D eigenvalue weighted by Crippen LogP contribution is -2.44. The van der Waals surface area contributed by atoms with Crippen LogP contribution in [0.2, 0.25) is 0 Å². The van der Waals surface area contributed by atoms with Gasteiger partial charge in [0.1, 0.15) is 0 Å². The summed E-state index contributed by atoms with van der Waals surface area (Å²) in [6.07, 6.45) is 0.673. The monoisotopic (exact) mass is 401 g/mol. The van der Waals surface area contributed by atoms with Crippen molar-refractivity contribution >= 4 is 15.7 Å². The Balaban J connectivity index is 1.58. The Morgan fingerprint density at radius 2 is 1.50 bits per heavy atom. The van der Waals surface area contributed by atoms with Crippen molar-refractivity contribution in [2.45, 2.75) is 32.1 Å². The summed E-state index contributed by atoms with van der Waals surface area (Å²) in [5, 5.41) is 0. The Labute approximate surface area is 169 Å². The maximum Gasteiger partial charge on any atom is 0.240 e. The van der Waals surface area contributed by atoms with Crippen LogP contribution in [0.15, 0.2) is 41.3 Å². The van der Waals surface area contributed by atoms with E-state index in [0.717, 1.165) is 48.4 Å². The van der Waals surface area contributed by atoms with E-state index in [1.54, 1.807) is 6.07 Å². The Morgan fingerprint density at radius 3 is 2.14 bits per heavy atom. The lowest BCUT2D eigenvalue weighted by molar-refractivity contribution is 0.313. The second kappa shape index (κ2) is 8.64. The Kier molecular flexibility index (Phi) is 6.43. The molecule has 28 heavy (non-hydrogen) atoms. The maximum atomic E-state index is 12.7. The molecule has 0 aliphatic carbocycles. The van der Waals surface area contributed by atoms with Crippen molar-refractivity contribution in [1.82, 2.24) is 9.62 Å². The highest BCUT2D eigenvalue weighted by Crippen LogP contribution is 2.20. The highest BCUT2D eigenvalue weighted by molar-refractivity contribution is 7.89. The molecule has 0 spiro atoms. The van der Waals surface area contributed by atoms with Gasteiger partial charge in [-0.15, -0.1) is 0 Å². The first-order valence-corrected chi connectivity index (χ1v) is 11.3. The first kappa shape index (κ1) is 20.8. The van der Waals surface area contributed by atoms with E-state index in [0.29, 0.717) is 17.9 Å². The maximum absolute atomic E-state index is 12.7. The number of likely N-dealkylation sites (N-methyl/N-ethyl adjacent to an activating group) is 1. The summed E-state index contributed by atoms with van der Waals surface area (Å²) < 4.78 is 28.1. The fourth-order valence-corrected chi connectivity index (χ4v) is 4.91. The minimum atomic E-state index is -3.49. The normalized spacial score (nSPS) is 15.8. The molecule has 1 aliphatic rings. The molecule has 0 saturated carbocycles. The van der Waals surface area contributed by atoms with Crippen molar-refractivity contribution in [3.05, 3.63) is 58.7 Å². The van der Waals surface area contributed by atoms with Gasteiger partial charge in [0.15, 0.2) is 0 Å². The van der Waals surface area contributed by atoms with Crippen LogP contribution in [0.4, 0.5) is 5.69 Å².